The van der Waals surface area contributed by atoms with E-state index >= 15 is 0 Å². The van der Waals surface area contributed by atoms with E-state index in [0.717, 1.165) is 12.3 Å². The van der Waals surface area contributed by atoms with Crippen LogP contribution in [0.3, 0.4) is 0 Å². The van der Waals surface area contributed by atoms with Crippen LogP contribution in [0.15, 0.2) is 10.2 Å². The minimum Gasteiger partial charge on any atom is -0.380 e. The maximum Gasteiger partial charge on any atom is 0.304 e. The smallest absolute Gasteiger partial charge is 0.304 e. The third-order valence-corrected chi connectivity index (χ3v) is 2.50. The average molecular weight is 216 g/mol. The predicted molar refractivity (Wildman–Crippen MR) is 57.7 cm³/mol. The molecule has 0 saturated heterocycles. The van der Waals surface area contributed by atoms with Gasteiger partial charge in [-0.3, -0.25) is 4.79 Å². The molecule has 1 atom stereocenters. The summed E-state index contributed by atoms with van der Waals surface area (Å²) in [7, 11) is 0. The highest BCUT2D eigenvalue weighted by Gasteiger charge is 2.02. The van der Waals surface area contributed by atoms with Gasteiger partial charge in [0, 0.05) is 30.3 Å². The van der Waals surface area contributed by atoms with Crippen LogP contribution in [-0.4, -0.2) is 24.2 Å². The highest BCUT2D eigenvalue weighted by atomic mass is 32.1. The van der Waals surface area contributed by atoms with Gasteiger partial charge in [-0.15, -0.1) is 0 Å². The monoisotopic (exact) mass is 216 g/mol. The molecule has 0 amide bonds. The standard InChI is InChI=1S/C9H16N2O2S/c1-3-13-5-7(2)10-4-8-6-14-9(12)11-8/h6-7,10H,3-5H2,1-2H3,(H,11,12). The minimum absolute atomic E-state index is 0.000684. The van der Waals surface area contributed by atoms with Gasteiger partial charge in [0.1, 0.15) is 0 Å². The Kier molecular flexibility index (Phi) is 4.86. The fourth-order valence-electron chi connectivity index (χ4n) is 1.04. The predicted octanol–water partition coefficient (Wildman–Crippen LogP) is 0.951. The Bertz CT molecular complexity index is 308. The van der Waals surface area contributed by atoms with E-state index in [2.05, 4.69) is 17.2 Å². The van der Waals surface area contributed by atoms with E-state index in [9.17, 15) is 4.79 Å². The lowest BCUT2D eigenvalue weighted by atomic mass is 10.3. The highest BCUT2D eigenvalue weighted by Crippen LogP contribution is 1.95. The molecule has 80 valence electrons. The van der Waals surface area contributed by atoms with Crippen LogP contribution < -0.4 is 10.2 Å². The molecule has 1 aromatic rings. The molecule has 14 heavy (non-hydrogen) atoms. The summed E-state index contributed by atoms with van der Waals surface area (Å²) in [6.45, 7) is 6.16. The molecular weight excluding hydrogens is 200 g/mol. The van der Waals surface area contributed by atoms with Crippen molar-refractivity contribution in [3.63, 3.8) is 0 Å². The molecule has 5 heteroatoms. The van der Waals surface area contributed by atoms with E-state index in [1.165, 1.54) is 11.3 Å². The number of hydrogen-bond donors (Lipinski definition) is 2. The van der Waals surface area contributed by atoms with Gasteiger partial charge in [-0.25, -0.2) is 0 Å². The van der Waals surface area contributed by atoms with E-state index in [-0.39, 0.29) is 4.87 Å². The van der Waals surface area contributed by atoms with Gasteiger partial charge in [0.05, 0.1) is 6.61 Å². The largest absolute Gasteiger partial charge is 0.380 e. The lowest BCUT2D eigenvalue weighted by Gasteiger charge is -2.12. The molecule has 0 spiro atoms. The van der Waals surface area contributed by atoms with E-state index in [4.69, 9.17) is 4.74 Å². The lowest BCUT2D eigenvalue weighted by Crippen LogP contribution is -2.30. The second-order valence-corrected chi connectivity index (χ2v) is 3.96. The number of aromatic nitrogens is 1. The van der Waals surface area contributed by atoms with Gasteiger partial charge in [0.25, 0.3) is 0 Å². The number of H-pyrrole nitrogens is 1. The van der Waals surface area contributed by atoms with E-state index in [0.29, 0.717) is 19.2 Å². The van der Waals surface area contributed by atoms with Crippen molar-refractivity contribution in [2.45, 2.75) is 26.4 Å². The summed E-state index contributed by atoms with van der Waals surface area (Å²) in [6.07, 6.45) is 0. The second kappa shape index (κ2) is 5.95. The molecular formula is C9H16N2O2S. The van der Waals surface area contributed by atoms with Gasteiger partial charge in [-0.05, 0) is 13.8 Å². The zero-order valence-corrected chi connectivity index (χ0v) is 9.32. The van der Waals surface area contributed by atoms with Crippen LogP contribution in [0.1, 0.15) is 19.5 Å². The van der Waals surface area contributed by atoms with Gasteiger partial charge in [-0.1, -0.05) is 11.3 Å². The first-order chi connectivity index (χ1) is 6.72. The van der Waals surface area contributed by atoms with Crippen molar-refractivity contribution in [1.29, 1.82) is 0 Å². The number of nitrogens with one attached hydrogen (secondary N) is 2. The normalized spacial score (nSPS) is 13.0. The van der Waals surface area contributed by atoms with Gasteiger partial charge >= 0.3 is 4.87 Å². The van der Waals surface area contributed by atoms with Crippen molar-refractivity contribution >= 4 is 11.3 Å². The maximum atomic E-state index is 10.8. The summed E-state index contributed by atoms with van der Waals surface area (Å²) in [5, 5.41) is 5.09. The number of hydrogen-bond acceptors (Lipinski definition) is 4. The molecule has 1 aromatic heterocycles. The topological polar surface area (TPSA) is 54.1 Å². The first kappa shape index (κ1) is 11.4. The van der Waals surface area contributed by atoms with E-state index in [1.807, 2.05) is 12.3 Å². The SMILES string of the molecule is CCOCC(C)NCc1csc(=O)[nH]1. The fourth-order valence-corrected chi connectivity index (χ4v) is 1.62. The molecule has 0 aliphatic rings. The first-order valence-corrected chi connectivity index (χ1v) is 5.58. The number of aromatic amines is 1. The summed E-state index contributed by atoms with van der Waals surface area (Å²) in [4.78, 5) is 13.6. The van der Waals surface area contributed by atoms with Crippen LogP contribution in [0.4, 0.5) is 0 Å². The number of ether oxygens (including phenoxy) is 1. The van der Waals surface area contributed by atoms with Crippen LogP contribution >= 0.6 is 11.3 Å². The van der Waals surface area contributed by atoms with Gasteiger partial charge < -0.3 is 15.0 Å². The van der Waals surface area contributed by atoms with Crippen LogP contribution in [0.5, 0.6) is 0 Å². The Hall–Kier alpha value is -0.650. The molecule has 0 fully saturated rings. The Morgan fingerprint density at radius 1 is 1.71 bits per heavy atom. The summed E-state index contributed by atoms with van der Waals surface area (Å²) >= 11 is 1.19. The summed E-state index contributed by atoms with van der Waals surface area (Å²) in [5.74, 6) is 0. The van der Waals surface area contributed by atoms with Crippen molar-refractivity contribution in [3.8, 4) is 0 Å². The zero-order valence-electron chi connectivity index (χ0n) is 8.50. The third-order valence-electron chi connectivity index (χ3n) is 1.78. The van der Waals surface area contributed by atoms with Crippen molar-refractivity contribution in [1.82, 2.24) is 10.3 Å². The molecule has 0 aromatic carbocycles. The molecule has 1 heterocycles. The molecule has 0 aliphatic carbocycles. The molecule has 1 unspecified atom stereocenters. The first-order valence-electron chi connectivity index (χ1n) is 4.70. The van der Waals surface area contributed by atoms with Crippen molar-refractivity contribution in [3.05, 3.63) is 20.7 Å². The lowest BCUT2D eigenvalue weighted by molar-refractivity contribution is 0.127. The maximum absolute atomic E-state index is 10.8. The van der Waals surface area contributed by atoms with E-state index < -0.39 is 0 Å². The van der Waals surface area contributed by atoms with E-state index in [1.54, 1.807) is 0 Å². The Morgan fingerprint density at radius 2 is 2.50 bits per heavy atom. The van der Waals surface area contributed by atoms with Crippen LogP contribution in [0, 0.1) is 0 Å². The van der Waals surface area contributed by atoms with Gasteiger partial charge in [0.2, 0.25) is 0 Å². The molecule has 0 aliphatic heterocycles. The second-order valence-electron chi connectivity index (χ2n) is 3.11. The summed E-state index contributed by atoms with van der Waals surface area (Å²) < 4.78 is 5.26. The Morgan fingerprint density at radius 3 is 3.07 bits per heavy atom. The fraction of sp³-hybridized carbons (Fsp3) is 0.667. The van der Waals surface area contributed by atoms with Gasteiger partial charge in [-0.2, -0.15) is 0 Å². The third kappa shape index (κ3) is 4.04. The Balaban J connectivity index is 2.23. The van der Waals surface area contributed by atoms with Crippen molar-refractivity contribution in [2.75, 3.05) is 13.2 Å². The molecule has 0 saturated carbocycles. The average Bonchev–Trinajstić information content (AvgIpc) is 2.58. The number of thiazole rings is 1. The van der Waals surface area contributed by atoms with Crippen LogP contribution in [-0.2, 0) is 11.3 Å². The molecule has 1 rings (SSSR count). The zero-order chi connectivity index (χ0) is 10.4. The van der Waals surface area contributed by atoms with Crippen molar-refractivity contribution < 1.29 is 4.74 Å². The number of rotatable bonds is 6. The van der Waals surface area contributed by atoms with Gasteiger partial charge in [0.15, 0.2) is 0 Å². The molecule has 2 N–H and O–H groups in total. The Labute approximate surface area is 87.3 Å². The summed E-state index contributed by atoms with van der Waals surface area (Å²) in [5.41, 5.74) is 0.934. The molecule has 0 radical (unpaired) electrons. The minimum atomic E-state index is -0.000684. The summed E-state index contributed by atoms with van der Waals surface area (Å²) in [6, 6.07) is 0.304. The quantitative estimate of drug-likeness (QED) is 0.744. The van der Waals surface area contributed by atoms with Crippen molar-refractivity contribution in [2.24, 2.45) is 0 Å². The molecule has 4 nitrogen and oxygen atoms in total. The highest BCUT2D eigenvalue weighted by molar-refractivity contribution is 7.07. The van der Waals surface area contributed by atoms with Crippen LogP contribution in [0.2, 0.25) is 0 Å². The molecule has 0 bridgehead atoms. The van der Waals surface area contributed by atoms with Crippen LogP contribution in [0.25, 0.3) is 0 Å².